The SMILES string of the molecule is Cc1cccc2c1NC(=O)C2=Cc1ccc(-c2nc3ccccc3s2)o1. The van der Waals surface area contributed by atoms with Crippen LogP contribution in [-0.2, 0) is 4.79 Å². The highest BCUT2D eigenvalue weighted by atomic mass is 32.1. The molecule has 1 N–H and O–H groups in total. The third kappa shape index (κ3) is 2.36. The molecule has 0 radical (unpaired) electrons. The smallest absolute Gasteiger partial charge is 0.256 e. The Morgan fingerprint density at radius 1 is 1.08 bits per heavy atom. The van der Waals surface area contributed by atoms with Crippen molar-refractivity contribution >= 4 is 44.8 Å². The number of fused-ring (bicyclic) bond motifs is 2. The number of carbonyl (C=O) groups excluding carboxylic acids is 1. The molecule has 0 saturated heterocycles. The van der Waals surface area contributed by atoms with Crippen LogP contribution in [-0.4, -0.2) is 10.9 Å². The molecule has 2 aromatic carbocycles. The van der Waals surface area contributed by atoms with E-state index in [0.29, 0.717) is 17.1 Å². The van der Waals surface area contributed by atoms with Crippen molar-refractivity contribution in [3.8, 4) is 10.8 Å². The molecule has 0 bridgehead atoms. The summed E-state index contributed by atoms with van der Waals surface area (Å²) >= 11 is 1.59. The third-order valence-electron chi connectivity index (χ3n) is 4.46. The minimum Gasteiger partial charge on any atom is -0.454 e. The summed E-state index contributed by atoms with van der Waals surface area (Å²) in [5, 5.41) is 3.77. The first kappa shape index (κ1) is 15.1. The topological polar surface area (TPSA) is 55.1 Å². The minimum absolute atomic E-state index is 0.104. The lowest BCUT2D eigenvalue weighted by Crippen LogP contribution is -2.04. The summed E-state index contributed by atoms with van der Waals surface area (Å²) in [7, 11) is 0. The van der Waals surface area contributed by atoms with E-state index in [1.807, 2.05) is 61.5 Å². The van der Waals surface area contributed by atoms with Gasteiger partial charge in [-0.05, 0) is 42.8 Å². The monoisotopic (exact) mass is 358 g/mol. The number of nitrogens with zero attached hydrogens (tertiary/aromatic N) is 1. The lowest BCUT2D eigenvalue weighted by atomic mass is 10.0. The van der Waals surface area contributed by atoms with E-state index < -0.39 is 0 Å². The molecule has 4 aromatic rings. The van der Waals surface area contributed by atoms with E-state index >= 15 is 0 Å². The van der Waals surface area contributed by atoms with E-state index in [1.165, 1.54) is 0 Å². The van der Waals surface area contributed by atoms with Crippen LogP contribution in [0.2, 0.25) is 0 Å². The predicted octanol–water partition coefficient (Wildman–Crippen LogP) is 5.36. The molecular weight excluding hydrogens is 344 g/mol. The second-order valence-electron chi connectivity index (χ2n) is 6.20. The number of furan rings is 1. The molecule has 0 atom stereocenters. The van der Waals surface area contributed by atoms with Crippen LogP contribution < -0.4 is 5.32 Å². The van der Waals surface area contributed by atoms with Crippen molar-refractivity contribution in [2.45, 2.75) is 6.92 Å². The summed E-state index contributed by atoms with van der Waals surface area (Å²) in [4.78, 5) is 17.0. The average molecular weight is 358 g/mol. The Kier molecular flexibility index (Phi) is 3.30. The molecule has 1 amide bonds. The highest BCUT2D eigenvalue weighted by molar-refractivity contribution is 7.21. The van der Waals surface area contributed by atoms with E-state index in [9.17, 15) is 4.79 Å². The summed E-state index contributed by atoms with van der Waals surface area (Å²) in [5.74, 6) is 1.24. The Morgan fingerprint density at radius 2 is 1.96 bits per heavy atom. The normalized spacial score (nSPS) is 14.8. The predicted molar refractivity (Wildman–Crippen MR) is 105 cm³/mol. The van der Waals surface area contributed by atoms with E-state index in [1.54, 1.807) is 17.4 Å². The number of amides is 1. The van der Waals surface area contributed by atoms with E-state index in [2.05, 4.69) is 10.3 Å². The van der Waals surface area contributed by atoms with Gasteiger partial charge in [-0.25, -0.2) is 4.98 Å². The number of nitrogens with one attached hydrogen (secondary N) is 1. The van der Waals surface area contributed by atoms with Crippen molar-refractivity contribution in [2.24, 2.45) is 0 Å². The molecule has 0 unspecified atom stereocenters. The van der Waals surface area contributed by atoms with Gasteiger partial charge in [-0.2, -0.15) is 0 Å². The Bertz CT molecular complexity index is 1170. The summed E-state index contributed by atoms with van der Waals surface area (Å²) in [6.07, 6.45) is 1.79. The molecule has 126 valence electrons. The molecular formula is C21H14N2O2S. The quantitative estimate of drug-likeness (QED) is 0.491. The highest BCUT2D eigenvalue weighted by Crippen LogP contribution is 2.36. The van der Waals surface area contributed by atoms with Gasteiger partial charge in [-0.3, -0.25) is 4.79 Å². The maximum absolute atomic E-state index is 12.4. The number of rotatable bonds is 2. The fourth-order valence-electron chi connectivity index (χ4n) is 3.17. The van der Waals surface area contributed by atoms with Gasteiger partial charge in [-0.15, -0.1) is 11.3 Å². The second kappa shape index (κ2) is 5.68. The molecule has 4 nitrogen and oxygen atoms in total. The van der Waals surface area contributed by atoms with E-state index in [4.69, 9.17) is 4.42 Å². The zero-order valence-electron chi connectivity index (χ0n) is 13.9. The van der Waals surface area contributed by atoms with Gasteiger partial charge in [-0.1, -0.05) is 30.3 Å². The van der Waals surface area contributed by atoms with Gasteiger partial charge in [0.15, 0.2) is 10.8 Å². The molecule has 3 heterocycles. The van der Waals surface area contributed by atoms with Gasteiger partial charge in [0.1, 0.15) is 5.76 Å². The highest BCUT2D eigenvalue weighted by Gasteiger charge is 2.25. The minimum atomic E-state index is -0.104. The lowest BCUT2D eigenvalue weighted by Gasteiger charge is -2.01. The van der Waals surface area contributed by atoms with Crippen LogP contribution in [0.5, 0.6) is 0 Å². The maximum Gasteiger partial charge on any atom is 0.256 e. The van der Waals surface area contributed by atoms with Gasteiger partial charge < -0.3 is 9.73 Å². The molecule has 0 aliphatic carbocycles. The number of hydrogen-bond donors (Lipinski definition) is 1. The first-order valence-corrected chi connectivity index (χ1v) is 9.09. The van der Waals surface area contributed by atoms with Crippen LogP contribution in [0.3, 0.4) is 0 Å². The van der Waals surface area contributed by atoms with Crippen LogP contribution in [0, 0.1) is 6.92 Å². The Morgan fingerprint density at radius 3 is 2.85 bits per heavy atom. The number of thiazole rings is 1. The Hall–Kier alpha value is -3.18. The standard InChI is InChI=1S/C21H14N2O2S/c1-12-5-4-6-14-15(20(24)23-19(12)14)11-13-9-10-17(25-13)21-22-16-7-2-3-8-18(16)26-21/h2-11H,1H3,(H,23,24). The molecule has 1 aliphatic rings. The largest absolute Gasteiger partial charge is 0.454 e. The molecule has 2 aromatic heterocycles. The van der Waals surface area contributed by atoms with Crippen molar-refractivity contribution < 1.29 is 9.21 Å². The average Bonchev–Trinajstić information content (AvgIpc) is 3.34. The van der Waals surface area contributed by atoms with Crippen LogP contribution in [0.4, 0.5) is 5.69 Å². The lowest BCUT2D eigenvalue weighted by molar-refractivity contribution is -0.110. The molecule has 0 spiro atoms. The van der Waals surface area contributed by atoms with Crippen molar-refractivity contribution in [3.63, 3.8) is 0 Å². The summed E-state index contributed by atoms with van der Waals surface area (Å²) < 4.78 is 7.07. The van der Waals surface area contributed by atoms with Crippen LogP contribution in [0.15, 0.2) is 59.0 Å². The van der Waals surface area contributed by atoms with Gasteiger partial charge in [0.25, 0.3) is 5.91 Å². The van der Waals surface area contributed by atoms with Crippen molar-refractivity contribution in [1.29, 1.82) is 0 Å². The maximum atomic E-state index is 12.4. The zero-order valence-corrected chi connectivity index (χ0v) is 14.8. The van der Waals surface area contributed by atoms with Gasteiger partial charge in [0.05, 0.1) is 21.5 Å². The van der Waals surface area contributed by atoms with Crippen molar-refractivity contribution in [3.05, 3.63) is 71.5 Å². The van der Waals surface area contributed by atoms with Crippen LogP contribution >= 0.6 is 11.3 Å². The fourth-order valence-corrected chi connectivity index (χ4v) is 4.10. The third-order valence-corrected chi connectivity index (χ3v) is 5.52. The van der Waals surface area contributed by atoms with Crippen molar-refractivity contribution in [2.75, 3.05) is 5.32 Å². The van der Waals surface area contributed by atoms with Crippen LogP contribution in [0.1, 0.15) is 16.9 Å². The van der Waals surface area contributed by atoms with Gasteiger partial charge in [0, 0.05) is 5.56 Å². The van der Waals surface area contributed by atoms with Gasteiger partial charge >= 0.3 is 0 Å². The van der Waals surface area contributed by atoms with Crippen molar-refractivity contribution in [1.82, 2.24) is 4.98 Å². The first-order valence-electron chi connectivity index (χ1n) is 8.28. The van der Waals surface area contributed by atoms with Crippen LogP contribution in [0.25, 0.3) is 32.6 Å². The number of benzene rings is 2. The summed E-state index contributed by atoms with van der Waals surface area (Å²) in [5.41, 5.74) is 4.42. The summed E-state index contributed by atoms with van der Waals surface area (Å²) in [6.45, 7) is 1.99. The Labute approximate surface area is 153 Å². The molecule has 5 heteroatoms. The number of anilines is 1. The second-order valence-corrected chi connectivity index (χ2v) is 7.23. The number of para-hydroxylation sites is 2. The first-order chi connectivity index (χ1) is 12.7. The fraction of sp³-hybridized carbons (Fsp3) is 0.0476. The molecule has 26 heavy (non-hydrogen) atoms. The number of aromatic nitrogens is 1. The summed E-state index contributed by atoms with van der Waals surface area (Å²) in [6, 6.07) is 17.7. The number of hydrogen-bond acceptors (Lipinski definition) is 4. The number of carbonyl (C=O) groups is 1. The molecule has 1 aliphatic heterocycles. The Balaban J connectivity index is 1.54. The molecule has 5 rings (SSSR count). The number of aryl methyl sites for hydroxylation is 1. The van der Waals surface area contributed by atoms with E-state index in [-0.39, 0.29) is 5.91 Å². The zero-order chi connectivity index (χ0) is 17.7. The van der Waals surface area contributed by atoms with Gasteiger partial charge in [0.2, 0.25) is 0 Å². The van der Waals surface area contributed by atoms with E-state index in [0.717, 1.165) is 32.0 Å². The molecule has 0 saturated carbocycles. The molecule has 0 fully saturated rings.